The van der Waals surface area contributed by atoms with Gasteiger partial charge >= 0.3 is 0 Å². The van der Waals surface area contributed by atoms with Crippen LogP contribution < -0.4 is 5.32 Å². The van der Waals surface area contributed by atoms with Crippen molar-refractivity contribution in [3.63, 3.8) is 0 Å². The maximum atomic E-state index is 4.19. The second kappa shape index (κ2) is 3.78. The van der Waals surface area contributed by atoms with Gasteiger partial charge in [-0.1, -0.05) is 12.1 Å². The van der Waals surface area contributed by atoms with Crippen molar-refractivity contribution in [2.45, 2.75) is 12.8 Å². The average Bonchev–Trinajstić information content (AvgIpc) is 2.77. The van der Waals surface area contributed by atoms with Crippen LogP contribution >= 0.6 is 0 Å². The number of hydrogen-bond donors (Lipinski definition) is 1. The third-order valence-corrected chi connectivity index (χ3v) is 3.66. The van der Waals surface area contributed by atoms with E-state index in [0.717, 1.165) is 11.8 Å². The first-order chi connectivity index (χ1) is 7.43. The summed E-state index contributed by atoms with van der Waals surface area (Å²) in [5.41, 5.74) is 2.80. The van der Waals surface area contributed by atoms with Crippen LogP contribution in [-0.4, -0.2) is 18.1 Å². The second-order valence-corrected chi connectivity index (χ2v) is 4.59. The Morgan fingerprint density at radius 1 is 1.27 bits per heavy atom. The minimum Gasteiger partial charge on any atom is -0.316 e. The SMILES string of the molecule is C1=C(c2cccnc2)CC2CNCC2C1. The standard InChI is InChI=1S/C13H16N2/c1-2-11(7-14-5-1)10-3-4-12-8-15-9-13(12)6-10/h1-3,5,7,12-13,15H,4,6,8-9H2. The Labute approximate surface area is 90.4 Å². The summed E-state index contributed by atoms with van der Waals surface area (Å²) in [6, 6.07) is 4.19. The molecule has 1 saturated heterocycles. The monoisotopic (exact) mass is 200 g/mol. The molecular formula is C13H16N2. The predicted molar refractivity (Wildman–Crippen MR) is 61.3 cm³/mol. The van der Waals surface area contributed by atoms with Gasteiger partial charge in [0.2, 0.25) is 0 Å². The molecule has 1 aliphatic heterocycles. The Bertz CT molecular complexity index is 369. The maximum Gasteiger partial charge on any atom is 0.0342 e. The quantitative estimate of drug-likeness (QED) is 0.751. The molecule has 2 atom stereocenters. The molecule has 1 aliphatic carbocycles. The van der Waals surface area contributed by atoms with Crippen LogP contribution in [0.5, 0.6) is 0 Å². The lowest BCUT2D eigenvalue weighted by atomic mass is 9.80. The Kier molecular flexibility index (Phi) is 2.29. The van der Waals surface area contributed by atoms with Gasteiger partial charge in [-0.3, -0.25) is 4.98 Å². The Balaban J connectivity index is 1.84. The van der Waals surface area contributed by atoms with Crippen molar-refractivity contribution in [1.82, 2.24) is 10.3 Å². The van der Waals surface area contributed by atoms with Crippen LogP contribution in [0.25, 0.3) is 5.57 Å². The van der Waals surface area contributed by atoms with E-state index in [2.05, 4.69) is 22.4 Å². The number of aromatic nitrogens is 1. The van der Waals surface area contributed by atoms with E-state index < -0.39 is 0 Å². The minimum absolute atomic E-state index is 0.852. The fourth-order valence-electron chi connectivity index (χ4n) is 2.75. The summed E-state index contributed by atoms with van der Waals surface area (Å²) in [4.78, 5) is 4.19. The number of hydrogen-bond acceptors (Lipinski definition) is 2. The number of pyridine rings is 1. The number of rotatable bonds is 1. The van der Waals surface area contributed by atoms with Gasteiger partial charge in [0.15, 0.2) is 0 Å². The van der Waals surface area contributed by atoms with Gasteiger partial charge in [0, 0.05) is 12.4 Å². The van der Waals surface area contributed by atoms with E-state index in [-0.39, 0.29) is 0 Å². The van der Waals surface area contributed by atoms with E-state index in [1.807, 2.05) is 18.5 Å². The first-order valence-corrected chi connectivity index (χ1v) is 5.73. The van der Waals surface area contributed by atoms with Gasteiger partial charge in [-0.15, -0.1) is 0 Å². The van der Waals surface area contributed by atoms with Crippen molar-refractivity contribution in [2.24, 2.45) is 11.8 Å². The molecule has 0 bridgehead atoms. The molecule has 1 aromatic rings. The molecule has 3 rings (SSSR count). The van der Waals surface area contributed by atoms with Gasteiger partial charge in [0.25, 0.3) is 0 Å². The van der Waals surface area contributed by atoms with Crippen molar-refractivity contribution in [1.29, 1.82) is 0 Å². The summed E-state index contributed by atoms with van der Waals surface area (Å²) in [7, 11) is 0. The van der Waals surface area contributed by atoms with E-state index in [4.69, 9.17) is 0 Å². The topological polar surface area (TPSA) is 24.9 Å². The van der Waals surface area contributed by atoms with E-state index >= 15 is 0 Å². The van der Waals surface area contributed by atoms with Gasteiger partial charge in [-0.05, 0) is 55.0 Å². The summed E-state index contributed by atoms with van der Waals surface area (Å²) in [6.45, 7) is 2.41. The smallest absolute Gasteiger partial charge is 0.0342 e. The molecule has 1 aromatic heterocycles. The molecule has 0 saturated carbocycles. The van der Waals surface area contributed by atoms with Crippen molar-refractivity contribution in [2.75, 3.05) is 13.1 Å². The minimum atomic E-state index is 0.852. The molecule has 2 unspecified atom stereocenters. The van der Waals surface area contributed by atoms with Gasteiger partial charge < -0.3 is 5.32 Å². The lowest BCUT2D eigenvalue weighted by Gasteiger charge is -2.24. The Morgan fingerprint density at radius 3 is 3.07 bits per heavy atom. The van der Waals surface area contributed by atoms with Gasteiger partial charge in [0.05, 0.1) is 0 Å². The van der Waals surface area contributed by atoms with Crippen LogP contribution in [-0.2, 0) is 0 Å². The number of allylic oxidation sites excluding steroid dienone is 2. The van der Waals surface area contributed by atoms with Crippen LogP contribution in [0, 0.1) is 11.8 Å². The molecule has 1 N–H and O–H groups in total. The van der Waals surface area contributed by atoms with Crippen LogP contribution in [0.4, 0.5) is 0 Å². The highest BCUT2D eigenvalue weighted by Gasteiger charge is 2.30. The molecule has 78 valence electrons. The molecule has 0 amide bonds. The van der Waals surface area contributed by atoms with Gasteiger partial charge in [0.1, 0.15) is 0 Å². The Morgan fingerprint density at radius 2 is 2.20 bits per heavy atom. The molecule has 2 aliphatic rings. The normalized spacial score (nSPS) is 29.7. The first-order valence-electron chi connectivity index (χ1n) is 5.73. The van der Waals surface area contributed by atoms with Crippen LogP contribution in [0.2, 0.25) is 0 Å². The fourth-order valence-corrected chi connectivity index (χ4v) is 2.75. The highest BCUT2D eigenvalue weighted by Crippen LogP contribution is 2.36. The molecule has 2 nitrogen and oxygen atoms in total. The fraction of sp³-hybridized carbons (Fsp3) is 0.462. The maximum absolute atomic E-state index is 4.19. The molecule has 15 heavy (non-hydrogen) atoms. The van der Waals surface area contributed by atoms with Crippen LogP contribution in [0.15, 0.2) is 30.6 Å². The molecule has 2 heterocycles. The number of fused-ring (bicyclic) bond motifs is 1. The zero-order valence-corrected chi connectivity index (χ0v) is 8.82. The molecule has 0 aromatic carbocycles. The summed E-state index contributed by atoms with van der Waals surface area (Å²) in [6.07, 6.45) is 8.69. The van der Waals surface area contributed by atoms with Crippen LogP contribution in [0.1, 0.15) is 18.4 Å². The third-order valence-electron chi connectivity index (χ3n) is 3.66. The molecular weight excluding hydrogens is 184 g/mol. The molecule has 0 spiro atoms. The molecule has 1 fully saturated rings. The van der Waals surface area contributed by atoms with Gasteiger partial charge in [-0.25, -0.2) is 0 Å². The summed E-state index contributed by atoms with van der Waals surface area (Å²) < 4.78 is 0. The van der Waals surface area contributed by atoms with Crippen LogP contribution in [0.3, 0.4) is 0 Å². The highest BCUT2D eigenvalue weighted by atomic mass is 14.9. The van der Waals surface area contributed by atoms with E-state index in [1.54, 1.807) is 0 Å². The summed E-state index contributed by atoms with van der Waals surface area (Å²) >= 11 is 0. The lowest BCUT2D eigenvalue weighted by molar-refractivity contribution is 0.418. The van der Waals surface area contributed by atoms with E-state index in [9.17, 15) is 0 Å². The van der Waals surface area contributed by atoms with Crippen molar-refractivity contribution < 1.29 is 0 Å². The van der Waals surface area contributed by atoms with Gasteiger partial charge in [-0.2, -0.15) is 0 Å². The predicted octanol–water partition coefficient (Wildman–Crippen LogP) is 2.09. The molecule has 0 radical (unpaired) electrons. The summed E-state index contributed by atoms with van der Waals surface area (Å²) in [5.74, 6) is 1.73. The molecule has 2 heteroatoms. The highest BCUT2D eigenvalue weighted by molar-refractivity contribution is 5.65. The van der Waals surface area contributed by atoms with Crippen molar-refractivity contribution >= 4 is 5.57 Å². The largest absolute Gasteiger partial charge is 0.316 e. The average molecular weight is 200 g/mol. The van der Waals surface area contributed by atoms with Crippen molar-refractivity contribution in [3.8, 4) is 0 Å². The third kappa shape index (κ3) is 1.70. The first kappa shape index (κ1) is 9.10. The zero-order chi connectivity index (χ0) is 10.1. The Hall–Kier alpha value is -1.15. The lowest BCUT2D eigenvalue weighted by Crippen LogP contribution is -2.16. The van der Waals surface area contributed by atoms with E-state index in [0.29, 0.717) is 0 Å². The zero-order valence-electron chi connectivity index (χ0n) is 8.82. The van der Waals surface area contributed by atoms with E-state index in [1.165, 1.54) is 37.1 Å². The second-order valence-electron chi connectivity index (χ2n) is 4.59. The number of nitrogens with zero attached hydrogens (tertiary/aromatic N) is 1. The van der Waals surface area contributed by atoms with Crippen molar-refractivity contribution in [3.05, 3.63) is 36.2 Å². The number of nitrogens with one attached hydrogen (secondary N) is 1. The summed E-state index contributed by atoms with van der Waals surface area (Å²) in [5, 5.41) is 3.49.